The first kappa shape index (κ1) is 15.3. The zero-order valence-electron chi connectivity index (χ0n) is 12.7. The van der Waals surface area contributed by atoms with E-state index in [0.29, 0.717) is 5.69 Å². The predicted octanol–water partition coefficient (Wildman–Crippen LogP) is 2.74. The molecule has 1 saturated carbocycles. The molecule has 0 amide bonds. The summed E-state index contributed by atoms with van der Waals surface area (Å²) >= 11 is 0. The molecule has 1 fully saturated rings. The van der Waals surface area contributed by atoms with Crippen molar-refractivity contribution in [2.45, 2.75) is 57.9 Å². The van der Waals surface area contributed by atoms with E-state index in [2.05, 4.69) is 18.6 Å². The fourth-order valence-electron chi connectivity index (χ4n) is 2.98. The first-order chi connectivity index (χ1) is 9.12. The molecule has 1 unspecified atom stereocenters. The van der Waals surface area contributed by atoms with E-state index >= 15 is 0 Å². The average molecular weight is 296 g/mol. The lowest BCUT2D eigenvalue weighted by Crippen LogP contribution is -2.34. The Balaban J connectivity index is 2.31. The summed E-state index contributed by atoms with van der Waals surface area (Å²) in [5.74, 6) is 0. The molecule has 112 valence electrons. The van der Waals surface area contributed by atoms with Crippen molar-refractivity contribution >= 4 is 15.7 Å². The normalized spacial score (nSPS) is 22.1. The highest BCUT2D eigenvalue weighted by Crippen LogP contribution is 2.38. The summed E-state index contributed by atoms with van der Waals surface area (Å²) in [6.45, 7) is 8.05. The van der Waals surface area contributed by atoms with Crippen LogP contribution in [0.25, 0.3) is 0 Å². The van der Waals surface area contributed by atoms with Gasteiger partial charge in [0.15, 0.2) is 0 Å². The van der Waals surface area contributed by atoms with Crippen LogP contribution in [0.4, 0.5) is 5.69 Å². The number of nitrogens with one attached hydrogen (secondary N) is 1. The molecule has 0 saturated heterocycles. The summed E-state index contributed by atoms with van der Waals surface area (Å²) in [6.07, 6.45) is 2.80. The zero-order chi connectivity index (χ0) is 15.1. The van der Waals surface area contributed by atoms with Gasteiger partial charge in [-0.2, -0.15) is 0 Å². The molecule has 1 atom stereocenters. The van der Waals surface area contributed by atoms with Crippen LogP contribution in [0, 0.1) is 19.3 Å². The van der Waals surface area contributed by atoms with Gasteiger partial charge in [0.2, 0.25) is 10.0 Å². The molecule has 1 aliphatic rings. The molecule has 20 heavy (non-hydrogen) atoms. The zero-order valence-corrected chi connectivity index (χ0v) is 13.5. The molecule has 0 bridgehead atoms. The first-order valence-electron chi connectivity index (χ1n) is 7.00. The van der Waals surface area contributed by atoms with Gasteiger partial charge in [-0.05, 0) is 55.7 Å². The third-order valence-corrected chi connectivity index (χ3v) is 5.99. The Morgan fingerprint density at radius 3 is 2.50 bits per heavy atom. The summed E-state index contributed by atoms with van der Waals surface area (Å²) < 4.78 is 28.0. The fraction of sp³-hybridized carbons (Fsp3) is 0.600. The largest absolute Gasteiger partial charge is 0.398 e. The third kappa shape index (κ3) is 2.99. The number of rotatable bonds is 3. The molecule has 0 aromatic heterocycles. The van der Waals surface area contributed by atoms with Crippen molar-refractivity contribution in [1.82, 2.24) is 4.72 Å². The molecule has 0 radical (unpaired) electrons. The second kappa shape index (κ2) is 5.04. The van der Waals surface area contributed by atoms with E-state index in [4.69, 9.17) is 5.73 Å². The maximum Gasteiger partial charge on any atom is 0.243 e. The number of aryl methyl sites for hydroxylation is 1. The number of nitrogens with two attached hydrogens (primary N) is 1. The number of nitrogen functional groups attached to an aromatic ring is 1. The number of benzene rings is 1. The molecular formula is C15H24N2O2S. The van der Waals surface area contributed by atoms with Crippen LogP contribution >= 0.6 is 0 Å². The van der Waals surface area contributed by atoms with Gasteiger partial charge in [-0.3, -0.25) is 0 Å². The minimum Gasteiger partial charge on any atom is -0.398 e. The Hall–Kier alpha value is -1.07. The van der Waals surface area contributed by atoms with Crippen LogP contribution in [-0.4, -0.2) is 14.5 Å². The molecule has 1 aliphatic carbocycles. The summed E-state index contributed by atoms with van der Waals surface area (Å²) in [6, 6.07) is 3.52. The van der Waals surface area contributed by atoms with Crippen molar-refractivity contribution in [2.24, 2.45) is 5.41 Å². The second-order valence-electron chi connectivity index (χ2n) is 6.65. The van der Waals surface area contributed by atoms with Crippen molar-refractivity contribution in [3.05, 3.63) is 23.3 Å². The van der Waals surface area contributed by atoms with Crippen LogP contribution in [0.5, 0.6) is 0 Å². The highest BCUT2D eigenvalue weighted by Gasteiger charge is 2.34. The monoisotopic (exact) mass is 296 g/mol. The molecule has 4 nitrogen and oxygen atoms in total. The molecule has 3 N–H and O–H groups in total. The predicted molar refractivity (Wildman–Crippen MR) is 82.1 cm³/mol. The van der Waals surface area contributed by atoms with Crippen LogP contribution in [-0.2, 0) is 10.0 Å². The van der Waals surface area contributed by atoms with E-state index in [0.717, 1.165) is 30.4 Å². The van der Waals surface area contributed by atoms with E-state index in [1.165, 1.54) is 0 Å². The van der Waals surface area contributed by atoms with Crippen LogP contribution in [0.2, 0.25) is 0 Å². The van der Waals surface area contributed by atoms with Gasteiger partial charge in [-0.15, -0.1) is 0 Å². The van der Waals surface area contributed by atoms with E-state index < -0.39 is 10.0 Å². The fourth-order valence-corrected chi connectivity index (χ4v) is 4.68. The van der Waals surface area contributed by atoms with Gasteiger partial charge in [0.05, 0.1) is 5.69 Å². The standard InChI is InChI=1S/C15H24N2O2S/c1-10-5-6-13(16)14(11(10)2)20(18,19)17-12-7-8-15(3,4)9-12/h5-6,12,17H,7-9,16H2,1-4H3. The Bertz CT molecular complexity index is 621. The van der Waals surface area contributed by atoms with Crippen molar-refractivity contribution in [3.8, 4) is 0 Å². The molecule has 1 aromatic rings. The van der Waals surface area contributed by atoms with E-state index in [1.807, 2.05) is 13.0 Å². The molecule has 2 rings (SSSR count). The molecule has 5 heteroatoms. The molecule has 0 heterocycles. The summed E-state index contributed by atoms with van der Waals surface area (Å²) in [5.41, 5.74) is 8.08. The lowest BCUT2D eigenvalue weighted by Gasteiger charge is -2.19. The number of sulfonamides is 1. The van der Waals surface area contributed by atoms with Crippen LogP contribution < -0.4 is 10.5 Å². The van der Waals surface area contributed by atoms with Crippen molar-refractivity contribution in [2.75, 3.05) is 5.73 Å². The number of anilines is 1. The van der Waals surface area contributed by atoms with Crippen molar-refractivity contribution in [1.29, 1.82) is 0 Å². The van der Waals surface area contributed by atoms with Crippen LogP contribution in [0.15, 0.2) is 17.0 Å². The Kier molecular flexibility index (Phi) is 3.86. The highest BCUT2D eigenvalue weighted by molar-refractivity contribution is 7.89. The van der Waals surface area contributed by atoms with Gasteiger partial charge in [-0.1, -0.05) is 19.9 Å². The highest BCUT2D eigenvalue weighted by atomic mass is 32.2. The quantitative estimate of drug-likeness (QED) is 0.842. The van der Waals surface area contributed by atoms with E-state index in [-0.39, 0.29) is 16.4 Å². The average Bonchev–Trinajstić information content (AvgIpc) is 2.62. The van der Waals surface area contributed by atoms with Gasteiger partial charge in [0, 0.05) is 6.04 Å². The van der Waals surface area contributed by atoms with Gasteiger partial charge in [-0.25, -0.2) is 13.1 Å². The molecular weight excluding hydrogens is 272 g/mol. The molecule has 0 aliphatic heterocycles. The van der Waals surface area contributed by atoms with Crippen LogP contribution in [0.1, 0.15) is 44.2 Å². The summed E-state index contributed by atoms with van der Waals surface area (Å²) in [4.78, 5) is 0.238. The minimum atomic E-state index is -3.55. The number of hydrogen-bond donors (Lipinski definition) is 2. The topological polar surface area (TPSA) is 72.2 Å². The van der Waals surface area contributed by atoms with Crippen molar-refractivity contribution in [3.63, 3.8) is 0 Å². The van der Waals surface area contributed by atoms with Crippen molar-refractivity contribution < 1.29 is 8.42 Å². The maximum absolute atomic E-state index is 12.6. The second-order valence-corrected chi connectivity index (χ2v) is 8.30. The lowest BCUT2D eigenvalue weighted by molar-refractivity contribution is 0.372. The molecule has 1 aromatic carbocycles. The van der Waals surface area contributed by atoms with Gasteiger partial charge in [0.1, 0.15) is 4.90 Å². The van der Waals surface area contributed by atoms with E-state index in [1.54, 1.807) is 13.0 Å². The summed E-state index contributed by atoms with van der Waals surface area (Å²) in [7, 11) is -3.55. The first-order valence-corrected chi connectivity index (χ1v) is 8.49. The van der Waals surface area contributed by atoms with Crippen LogP contribution in [0.3, 0.4) is 0 Å². The molecule has 0 spiro atoms. The van der Waals surface area contributed by atoms with Gasteiger partial charge in [0.25, 0.3) is 0 Å². The summed E-state index contributed by atoms with van der Waals surface area (Å²) in [5, 5.41) is 0. The minimum absolute atomic E-state index is 0.00862. The third-order valence-electron chi connectivity index (χ3n) is 4.27. The smallest absolute Gasteiger partial charge is 0.243 e. The van der Waals surface area contributed by atoms with Gasteiger partial charge < -0.3 is 5.73 Å². The maximum atomic E-state index is 12.6. The lowest BCUT2D eigenvalue weighted by atomic mass is 9.92. The Morgan fingerprint density at radius 2 is 1.95 bits per heavy atom. The Morgan fingerprint density at radius 1 is 1.30 bits per heavy atom. The Labute approximate surface area is 121 Å². The SMILES string of the molecule is Cc1ccc(N)c(S(=O)(=O)NC2CCC(C)(C)C2)c1C. The van der Waals surface area contributed by atoms with Gasteiger partial charge >= 0.3 is 0 Å². The van der Waals surface area contributed by atoms with E-state index in [9.17, 15) is 8.42 Å². The number of hydrogen-bond acceptors (Lipinski definition) is 3.